The van der Waals surface area contributed by atoms with Crippen molar-refractivity contribution < 1.29 is 14.6 Å². The lowest BCUT2D eigenvalue weighted by molar-refractivity contribution is -0.145. The highest BCUT2D eigenvalue weighted by atomic mass is 79.9. The number of carbonyl (C=O) groups is 1. The SMILES string of the molecule is CCC(CC)(NCCOc1cccc(Br)c1)C(=O)O. The smallest absolute Gasteiger partial charge is 0.323 e. The molecule has 0 spiro atoms. The fourth-order valence-corrected chi connectivity index (χ4v) is 2.27. The Morgan fingerprint density at radius 2 is 2.11 bits per heavy atom. The zero-order valence-electron chi connectivity index (χ0n) is 11.3. The minimum absolute atomic E-state index is 0.436. The highest BCUT2D eigenvalue weighted by Gasteiger charge is 2.33. The molecule has 0 heterocycles. The Bertz CT molecular complexity index is 419. The van der Waals surface area contributed by atoms with Crippen LogP contribution in [0.1, 0.15) is 26.7 Å². The molecule has 1 aromatic carbocycles. The minimum atomic E-state index is -0.847. The van der Waals surface area contributed by atoms with Gasteiger partial charge in [0.05, 0.1) is 0 Å². The number of benzene rings is 1. The number of ether oxygens (including phenoxy) is 1. The molecule has 106 valence electrons. The van der Waals surface area contributed by atoms with Crippen molar-refractivity contribution in [3.05, 3.63) is 28.7 Å². The summed E-state index contributed by atoms with van der Waals surface area (Å²) >= 11 is 3.37. The van der Waals surface area contributed by atoms with Crippen LogP contribution < -0.4 is 10.1 Å². The maximum atomic E-state index is 11.3. The lowest BCUT2D eigenvalue weighted by atomic mass is 9.93. The normalized spacial score (nSPS) is 11.3. The monoisotopic (exact) mass is 329 g/mol. The Morgan fingerprint density at radius 1 is 1.42 bits per heavy atom. The van der Waals surface area contributed by atoms with Crippen LogP contribution in [0.25, 0.3) is 0 Å². The van der Waals surface area contributed by atoms with Crippen LogP contribution in [-0.4, -0.2) is 29.8 Å². The van der Waals surface area contributed by atoms with Gasteiger partial charge in [0.2, 0.25) is 0 Å². The van der Waals surface area contributed by atoms with E-state index in [-0.39, 0.29) is 0 Å². The standard InChI is InChI=1S/C14H20BrNO3/c1-3-14(4-2,13(17)18)16-8-9-19-12-7-5-6-11(15)10-12/h5-7,10,16H,3-4,8-9H2,1-2H3,(H,17,18). The quantitative estimate of drug-likeness (QED) is 0.719. The van der Waals surface area contributed by atoms with Gasteiger partial charge in [0.1, 0.15) is 17.9 Å². The van der Waals surface area contributed by atoms with Gasteiger partial charge in [-0.1, -0.05) is 35.8 Å². The molecule has 0 saturated carbocycles. The van der Waals surface area contributed by atoms with E-state index in [1.165, 1.54) is 0 Å². The van der Waals surface area contributed by atoms with Crippen molar-refractivity contribution in [2.75, 3.05) is 13.2 Å². The average molecular weight is 330 g/mol. The summed E-state index contributed by atoms with van der Waals surface area (Å²) < 4.78 is 6.52. The Hall–Kier alpha value is -1.07. The van der Waals surface area contributed by atoms with Crippen LogP contribution >= 0.6 is 15.9 Å². The predicted molar refractivity (Wildman–Crippen MR) is 78.6 cm³/mol. The molecule has 0 aromatic heterocycles. The molecule has 19 heavy (non-hydrogen) atoms. The van der Waals surface area contributed by atoms with Crippen molar-refractivity contribution in [2.45, 2.75) is 32.2 Å². The molecule has 0 aliphatic rings. The number of hydrogen-bond acceptors (Lipinski definition) is 3. The fourth-order valence-electron chi connectivity index (χ4n) is 1.89. The minimum Gasteiger partial charge on any atom is -0.492 e. The zero-order valence-corrected chi connectivity index (χ0v) is 12.9. The molecule has 0 atom stereocenters. The molecule has 0 bridgehead atoms. The second kappa shape index (κ2) is 7.50. The fraction of sp³-hybridized carbons (Fsp3) is 0.500. The summed E-state index contributed by atoms with van der Waals surface area (Å²) in [5, 5.41) is 12.3. The largest absolute Gasteiger partial charge is 0.492 e. The Labute approximate surface area is 122 Å². The predicted octanol–water partition coefficient (Wildman–Crippen LogP) is 3.06. The molecule has 2 N–H and O–H groups in total. The average Bonchev–Trinajstić information content (AvgIpc) is 2.39. The van der Waals surface area contributed by atoms with Gasteiger partial charge in [-0.15, -0.1) is 0 Å². The third-order valence-corrected chi connectivity index (χ3v) is 3.74. The lowest BCUT2D eigenvalue weighted by Gasteiger charge is -2.28. The molecule has 1 aromatic rings. The van der Waals surface area contributed by atoms with Crippen LogP contribution in [0, 0.1) is 0 Å². The number of carboxylic acids is 1. The highest BCUT2D eigenvalue weighted by molar-refractivity contribution is 9.10. The van der Waals surface area contributed by atoms with Crippen LogP contribution in [0.5, 0.6) is 5.75 Å². The molecule has 0 radical (unpaired) electrons. The molecule has 4 nitrogen and oxygen atoms in total. The number of carboxylic acid groups (broad SMARTS) is 1. The topological polar surface area (TPSA) is 58.6 Å². The van der Waals surface area contributed by atoms with E-state index in [1.54, 1.807) is 0 Å². The highest BCUT2D eigenvalue weighted by Crippen LogP contribution is 2.18. The van der Waals surface area contributed by atoms with Gasteiger partial charge in [0.25, 0.3) is 0 Å². The summed E-state index contributed by atoms with van der Waals surface area (Å²) in [5.74, 6) is -0.0370. The Balaban J connectivity index is 2.43. The second-order valence-corrected chi connectivity index (χ2v) is 5.24. The molecule has 0 unspecified atom stereocenters. The first-order valence-corrected chi connectivity index (χ1v) is 7.20. The maximum Gasteiger partial charge on any atom is 0.323 e. The van der Waals surface area contributed by atoms with Crippen molar-refractivity contribution in [1.29, 1.82) is 0 Å². The molecular weight excluding hydrogens is 310 g/mol. The van der Waals surface area contributed by atoms with Gasteiger partial charge in [-0.05, 0) is 31.0 Å². The molecule has 0 aliphatic carbocycles. The van der Waals surface area contributed by atoms with E-state index >= 15 is 0 Å². The van der Waals surface area contributed by atoms with Gasteiger partial charge in [-0.3, -0.25) is 10.1 Å². The summed E-state index contributed by atoms with van der Waals surface area (Å²) in [5.41, 5.74) is -0.847. The molecule has 0 aliphatic heterocycles. The van der Waals surface area contributed by atoms with Crippen molar-refractivity contribution in [2.24, 2.45) is 0 Å². The number of nitrogens with one attached hydrogen (secondary N) is 1. The van der Waals surface area contributed by atoms with Gasteiger partial charge >= 0.3 is 5.97 Å². The number of hydrogen-bond donors (Lipinski definition) is 2. The summed E-state index contributed by atoms with van der Waals surface area (Å²) in [6.45, 7) is 4.69. The van der Waals surface area contributed by atoms with Crippen molar-refractivity contribution in [3.63, 3.8) is 0 Å². The summed E-state index contributed by atoms with van der Waals surface area (Å²) in [4.78, 5) is 11.3. The van der Waals surface area contributed by atoms with Crippen LogP contribution in [0.15, 0.2) is 28.7 Å². The third-order valence-electron chi connectivity index (χ3n) is 3.25. The van der Waals surface area contributed by atoms with Crippen LogP contribution in [0.3, 0.4) is 0 Å². The van der Waals surface area contributed by atoms with E-state index in [2.05, 4.69) is 21.2 Å². The van der Waals surface area contributed by atoms with Gasteiger partial charge in [-0.2, -0.15) is 0 Å². The summed E-state index contributed by atoms with van der Waals surface area (Å²) in [6, 6.07) is 7.57. The summed E-state index contributed by atoms with van der Waals surface area (Å²) in [7, 11) is 0. The Morgan fingerprint density at radius 3 is 2.63 bits per heavy atom. The van der Waals surface area contributed by atoms with Gasteiger partial charge < -0.3 is 9.84 Å². The molecule has 1 rings (SSSR count). The van der Waals surface area contributed by atoms with Gasteiger partial charge in [0, 0.05) is 11.0 Å². The molecule has 0 saturated heterocycles. The van der Waals surface area contributed by atoms with E-state index in [0.717, 1.165) is 10.2 Å². The Kier molecular flexibility index (Phi) is 6.31. The number of rotatable bonds is 8. The van der Waals surface area contributed by atoms with Gasteiger partial charge in [-0.25, -0.2) is 0 Å². The van der Waals surface area contributed by atoms with Crippen LogP contribution in [0.4, 0.5) is 0 Å². The van der Waals surface area contributed by atoms with E-state index < -0.39 is 11.5 Å². The van der Waals surface area contributed by atoms with Crippen LogP contribution in [0.2, 0.25) is 0 Å². The number of aliphatic carboxylic acids is 1. The molecule has 0 fully saturated rings. The van der Waals surface area contributed by atoms with Gasteiger partial charge in [0.15, 0.2) is 0 Å². The van der Waals surface area contributed by atoms with Crippen LogP contribution in [-0.2, 0) is 4.79 Å². The second-order valence-electron chi connectivity index (χ2n) is 4.33. The van der Waals surface area contributed by atoms with Crippen molar-refractivity contribution in [3.8, 4) is 5.75 Å². The lowest BCUT2D eigenvalue weighted by Crippen LogP contribution is -2.52. The number of halogens is 1. The van der Waals surface area contributed by atoms with E-state index in [4.69, 9.17) is 4.74 Å². The molecular formula is C14H20BrNO3. The first-order chi connectivity index (χ1) is 9.04. The maximum absolute atomic E-state index is 11.3. The van der Waals surface area contributed by atoms with E-state index in [0.29, 0.717) is 26.0 Å². The summed E-state index contributed by atoms with van der Waals surface area (Å²) in [6.07, 6.45) is 1.10. The first kappa shape index (κ1) is 16.0. The first-order valence-electron chi connectivity index (χ1n) is 6.41. The van der Waals surface area contributed by atoms with Crippen molar-refractivity contribution >= 4 is 21.9 Å². The molecule has 5 heteroatoms. The molecule has 0 amide bonds. The van der Waals surface area contributed by atoms with E-state index in [1.807, 2.05) is 38.1 Å². The zero-order chi connectivity index (χ0) is 14.3. The van der Waals surface area contributed by atoms with Crippen molar-refractivity contribution in [1.82, 2.24) is 5.32 Å². The third kappa shape index (κ3) is 4.51. The van der Waals surface area contributed by atoms with E-state index in [9.17, 15) is 9.90 Å².